The molecule has 0 atom stereocenters. The Morgan fingerprint density at radius 3 is 2.83 bits per heavy atom. The van der Waals surface area contributed by atoms with Crippen LogP contribution in [0.1, 0.15) is 23.7 Å². The van der Waals surface area contributed by atoms with E-state index in [1.807, 2.05) is 11.8 Å². The van der Waals surface area contributed by atoms with Gasteiger partial charge >= 0.3 is 0 Å². The minimum absolute atomic E-state index is 0.00528. The first-order valence-electron chi connectivity index (χ1n) is 5.76. The number of carbonyl (C=O) groups excluding carboxylic acids is 1. The standard InChI is InChI=1S/C13H14N2O3/c1-10-3-2-6-14(8-10)12-5-4-11(9-16)7-13(12)15(17)18/h3-5,7,9H,2,6,8H2,1H3. The molecule has 0 spiro atoms. The van der Waals surface area contributed by atoms with Crippen LogP contribution in [-0.4, -0.2) is 24.3 Å². The van der Waals surface area contributed by atoms with E-state index in [9.17, 15) is 14.9 Å². The number of hydrogen-bond acceptors (Lipinski definition) is 4. The largest absolute Gasteiger partial charge is 0.362 e. The highest BCUT2D eigenvalue weighted by molar-refractivity contribution is 5.79. The topological polar surface area (TPSA) is 63.5 Å². The fraction of sp³-hybridized carbons (Fsp3) is 0.308. The van der Waals surface area contributed by atoms with E-state index in [0.717, 1.165) is 13.0 Å². The molecule has 0 bridgehead atoms. The fourth-order valence-corrected chi connectivity index (χ4v) is 2.14. The van der Waals surface area contributed by atoms with E-state index in [-0.39, 0.29) is 5.69 Å². The molecule has 1 aliphatic rings. The van der Waals surface area contributed by atoms with Crippen LogP contribution in [0.15, 0.2) is 29.8 Å². The Bertz CT molecular complexity index is 523. The number of nitro benzene ring substituents is 1. The fourth-order valence-electron chi connectivity index (χ4n) is 2.14. The number of rotatable bonds is 3. The molecule has 18 heavy (non-hydrogen) atoms. The van der Waals surface area contributed by atoms with Crippen LogP contribution in [0.4, 0.5) is 11.4 Å². The number of hydrogen-bond donors (Lipinski definition) is 0. The molecular formula is C13H14N2O3. The summed E-state index contributed by atoms with van der Waals surface area (Å²) in [5.74, 6) is 0. The molecule has 0 saturated heterocycles. The molecule has 0 aromatic heterocycles. The smallest absolute Gasteiger partial charge is 0.293 e. The Hall–Kier alpha value is -2.17. The van der Waals surface area contributed by atoms with Crippen molar-refractivity contribution < 1.29 is 9.72 Å². The molecule has 0 radical (unpaired) electrons. The van der Waals surface area contributed by atoms with Gasteiger partial charge in [-0.05, 0) is 25.5 Å². The number of carbonyl (C=O) groups is 1. The summed E-state index contributed by atoms with van der Waals surface area (Å²) >= 11 is 0. The first kappa shape index (κ1) is 12.3. The SMILES string of the molecule is CC1=CCCN(c2ccc(C=O)cc2[N+](=O)[O-])C1. The molecule has 0 saturated carbocycles. The Kier molecular flexibility index (Phi) is 3.41. The number of nitrogens with zero attached hydrogens (tertiary/aromatic N) is 2. The summed E-state index contributed by atoms with van der Waals surface area (Å²) < 4.78 is 0. The van der Waals surface area contributed by atoms with Crippen LogP contribution in [0.25, 0.3) is 0 Å². The van der Waals surface area contributed by atoms with Gasteiger partial charge in [-0.3, -0.25) is 14.9 Å². The molecule has 1 aromatic carbocycles. The van der Waals surface area contributed by atoms with Crippen LogP contribution < -0.4 is 4.90 Å². The quantitative estimate of drug-likeness (QED) is 0.356. The molecule has 1 heterocycles. The lowest BCUT2D eigenvalue weighted by Crippen LogP contribution is -2.29. The second-order valence-corrected chi connectivity index (χ2v) is 4.38. The predicted molar refractivity (Wildman–Crippen MR) is 69.1 cm³/mol. The molecule has 0 fully saturated rings. The maximum atomic E-state index is 11.1. The molecule has 1 aliphatic heterocycles. The van der Waals surface area contributed by atoms with Crippen molar-refractivity contribution in [3.05, 3.63) is 45.5 Å². The molecule has 5 heteroatoms. The molecule has 2 rings (SSSR count). The highest BCUT2D eigenvalue weighted by Crippen LogP contribution is 2.30. The van der Waals surface area contributed by atoms with Crippen LogP contribution in [0.2, 0.25) is 0 Å². The van der Waals surface area contributed by atoms with E-state index in [2.05, 4.69) is 6.08 Å². The third-order valence-corrected chi connectivity index (χ3v) is 3.01. The lowest BCUT2D eigenvalue weighted by Gasteiger charge is -2.27. The maximum Gasteiger partial charge on any atom is 0.293 e. The molecule has 0 N–H and O–H groups in total. The molecule has 0 amide bonds. The number of nitro groups is 1. The first-order chi connectivity index (χ1) is 8.61. The lowest BCUT2D eigenvalue weighted by atomic mass is 10.1. The number of benzene rings is 1. The highest BCUT2D eigenvalue weighted by Gasteiger charge is 2.21. The lowest BCUT2D eigenvalue weighted by molar-refractivity contribution is -0.384. The minimum Gasteiger partial charge on any atom is -0.362 e. The van der Waals surface area contributed by atoms with E-state index < -0.39 is 4.92 Å². The van der Waals surface area contributed by atoms with Gasteiger partial charge in [-0.2, -0.15) is 0 Å². The van der Waals surface area contributed by atoms with Gasteiger partial charge in [0.25, 0.3) is 5.69 Å². The van der Waals surface area contributed by atoms with Crippen molar-refractivity contribution >= 4 is 17.7 Å². The Morgan fingerprint density at radius 1 is 1.44 bits per heavy atom. The Balaban J connectivity index is 2.40. The van der Waals surface area contributed by atoms with Gasteiger partial charge in [0.15, 0.2) is 0 Å². The van der Waals surface area contributed by atoms with Crippen molar-refractivity contribution in [3.63, 3.8) is 0 Å². The van der Waals surface area contributed by atoms with Crippen molar-refractivity contribution in [2.45, 2.75) is 13.3 Å². The Morgan fingerprint density at radius 2 is 2.22 bits per heavy atom. The first-order valence-corrected chi connectivity index (χ1v) is 5.76. The van der Waals surface area contributed by atoms with Gasteiger partial charge in [-0.15, -0.1) is 0 Å². The van der Waals surface area contributed by atoms with E-state index in [1.54, 1.807) is 12.1 Å². The summed E-state index contributed by atoms with van der Waals surface area (Å²) in [6.45, 7) is 3.47. The molecule has 94 valence electrons. The van der Waals surface area contributed by atoms with Gasteiger partial charge in [-0.25, -0.2) is 0 Å². The molecule has 0 aliphatic carbocycles. The number of aldehydes is 1. The van der Waals surface area contributed by atoms with Crippen LogP contribution >= 0.6 is 0 Å². The zero-order valence-electron chi connectivity index (χ0n) is 10.1. The predicted octanol–water partition coefficient (Wildman–Crippen LogP) is 2.56. The summed E-state index contributed by atoms with van der Waals surface area (Å²) in [5.41, 5.74) is 2.11. The van der Waals surface area contributed by atoms with Crippen LogP contribution in [-0.2, 0) is 0 Å². The monoisotopic (exact) mass is 246 g/mol. The highest BCUT2D eigenvalue weighted by atomic mass is 16.6. The van der Waals surface area contributed by atoms with Gasteiger partial charge in [0.1, 0.15) is 12.0 Å². The second kappa shape index (κ2) is 5.00. The molecule has 0 unspecified atom stereocenters. The van der Waals surface area contributed by atoms with E-state index in [1.165, 1.54) is 11.6 Å². The summed E-state index contributed by atoms with van der Waals surface area (Å²) in [6, 6.07) is 4.60. The van der Waals surface area contributed by atoms with E-state index in [4.69, 9.17) is 0 Å². The van der Waals surface area contributed by atoms with E-state index >= 15 is 0 Å². The van der Waals surface area contributed by atoms with Crippen molar-refractivity contribution in [1.29, 1.82) is 0 Å². The zero-order chi connectivity index (χ0) is 13.1. The third kappa shape index (κ3) is 2.40. The van der Waals surface area contributed by atoms with Gasteiger partial charge < -0.3 is 4.90 Å². The third-order valence-electron chi connectivity index (χ3n) is 3.01. The maximum absolute atomic E-state index is 11.1. The van der Waals surface area contributed by atoms with Crippen LogP contribution in [0.3, 0.4) is 0 Å². The van der Waals surface area contributed by atoms with Crippen LogP contribution in [0, 0.1) is 10.1 Å². The summed E-state index contributed by atoms with van der Waals surface area (Å²) in [6.07, 6.45) is 3.65. The van der Waals surface area contributed by atoms with Gasteiger partial charge in [-0.1, -0.05) is 11.6 Å². The number of anilines is 1. The summed E-state index contributed by atoms with van der Waals surface area (Å²) in [7, 11) is 0. The molecule has 5 nitrogen and oxygen atoms in total. The van der Waals surface area contributed by atoms with Crippen molar-refractivity contribution in [2.75, 3.05) is 18.0 Å². The zero-order valence-corrected chi connectivity index (χ0v) is 10.1. The van der Waals surface area contributed by atoms with E-state index in [0.29, 0.717) is 24.1 Å². The second-order valence-electron chi connectivity index (χ2n) is 4.38. The molecular weight excluding hydrogens is 232 g/mol. The van der Waals surface area contributed by atoms with Gasteiger partial charge in [0, 0.05) is 24.7 Å². The van der Waals surface area contributed by atoms with Gasteiger partial charge in [0.05, 0.1) is 4.92 Å². The summed E-state index contributed by atoms with van der Waals surface area (Å²) in [4.78, 5) is 23.3. The van der Waals surface area contributed by atoms with Crippen molar-refractivity contribution in [1.82, 2.24) is 0 Å². The normalized spacial score (nSPS) is 15.2. The van der Waals surface area contributed by atoms with Gasteiger partial charge in [0.2, 0.25) is 0 Å². The average molecular weight is 246 g/mol. The Labute approximate surface area is 105 Å². The van der Waals surface area contributed by atoms with Crippen molar-refractivity contribution in [2.24, 2.45) is 0 Å². The summed E-state index contributed by atoms with van der Waals surface area (Å²) in [5, 5.41) is 11.1. The van der Waals surface area contributed by atoms with Crippen molar-refractivity contribution in [3.8, 4) is 0 Å². The molecule has 1 aromatic rings. The minimum atomic E-state index is -0.435. The van der Waals surface area contributed by atoms with Crippen LogP contribution in [0.5, 0.6) is 0 Å². The average Bonchev–Trinajstić information content (AvgIpc) is 2.38.